The lowest BCUT2D eigenvalue weighted by atomic mass is 10.1. The molecule has 0 saturated carbocycles. The Morgan fingerprint density at radius 2 is 2.18 bits per heavy atom. The van der Waals surface area contributed by atoms with Gasteiger partial charge in [-0.3, -0.25) is 4.79 Å². The molecule has 0 saturated heterocycles. The first-order valence-electron chi connectivity index (χ1n) is 5.17. The van der Waals surface area contributed by atoms with E-state index in [0.717, 1.165) is 9.35 Å². The van der Waals surface area contributed by atoms with Gasteiger partial charge < -0.3 is 0 Å². The molecule has 0 aliphatic carbocycles. The van der Waals surface area contributed by atoms with E-state index in [-0.39, 0.29) is 11.3 Å². The van der Waals surface area contributed by atoms with Crippen LogP contribution < -0.4 is 0 Å². The highest BCUT2D eigenvalue weighted by atomic mass is 79.9. The molecule has 0 spiro atoms. The number of hydrogen-bond donors (Lipinski definition) is 0. The first kappa shape index (κ1) is 12.5. The van der Waals surface area contributed by atoms with E-state index in [4.69, 9.17) is 0 Å². The number of carbonyl (C=O) groups is 1. The van der Waals surface area contributed by atoms with Gasteiger partial charge in [0.05, 0.1) is 5.56 Å². The average Bonchev–Trinajstić information content (AvgIpc) is 2.82. The fraction of sp³-hybridized carbons (Fsp3) is 0.154. The number of rotatable bonds is 4. The zero-order chi connectivity index (χ0) is 12.3. The second-order valence-electron chi connectivity index (χ2n) is 3.63. The molecule has 2 aromatic rings. The number of hydrogen-bond acceptors (Lipinski definition) is 2. The molecule has 0 fully saturated rings. The summed E-state index contributed by atoms with van der Waals surface area (Å²) in [6.07, 6.45) is 1.01. The first-order chi connectivity index (χ1) is 8.16. The van der Waals surface area contributed by atoms with Gasteiger partial charge in [0.2, 0.25) is 0 Å². The minimum absolute atomic E-state index is 0.155. The molecule has 1 heterocycles. The van der Waals surface area contributed by atoms with Gasteiger partial charge in [0.15, 0.2) is 5.78 Å². The minimum atomic E-state index is -0.454. The highest BCUT2D eigenvalue weighted by Crippen LogP contribution is 2.19. The Morgan fingerprint density at radius 1 is 1.35 bits per heavy atom. The summed E-state index contributed by atoms with van der Waals surface area (Å²) in [5, 5.41) is 1.97. The van der Waals surface area contributed by atoms with Gasteiger partial charge in [-0.2, -0.15) is 0 Å². The molecular weight excluding hydrogens is 303 g/mol. The molecule has 0 aliphatic rings. The highest BCUT2D eigenvalue weighted by Gasteiger charge is 2.12. The molecule has 4 heteroatoms. The van der Waals surface area contributed by atoms with E-state index in [1.807, 2.05) is 17.5 Å². The second-order valence-corrected chi connectivity index (χ2v) is 5.57. The summed E-state index contributed by atoms with van der Waals surface area (Å²) >= 11 is 4.85. The van der Waals surface area contributed by atoms with Crippen molar-refractivity contribution in [1.29, 1.82) is 0 Å². The van der Waals surface area contributed by atoms with Crippen LogP contribution in [0, 0.1) is 5.82 Å². The number of aryl methyl sites for hydroxylation is 1. The maximum atomic E-state index is 13.4. The van der Waals surface area contributed by atoms with E-state index in [9.17, 15) is 9.18 Å². The third-order valence-corrected chi connectivity index (χ3v) is 3.84. The monoisotopic (exact) mass is 312 g/mol. The Kier molecular flexibility index (Phi) is 4.07. The number of carbonyl (C=O) groups excluding carboxylic acids is 1. The maximum absolute atomic E-state index is 13.4. The van der Waals surface area contributed by atoms with Gasteiger partial charge in [0, 0.05) is 15.8 Å². The van der Waals surface area contributed by atoms with Gasteiger partial charge in [-0.05, 0) is 36.1 Å². The third-order valence-electron chi connectivity index (χ3n) is 2.41. The predicted molar refractivity (Wildman–Crippen MR) is 71.1 cm³/mol. The smallest absolute Gasteiger partial charge is 0.166 e. The SMILES string of the molecule is O=C(CCc1cccs1)c1cc(Br)ccc1F. The minimum Gasteiger partial charge on any atom is -0.294 e. The largest absolute Gasteiger partial charge is 0.294 e. The molecule has 0 bridgehead atoms. The third kappa shape index (κ3) is 3.23. The Balaban J connectivity index is 2.07. The van der Waals surface area contributed by atoms with Crippen LogP contribution in [0.1, 0.15) is 21.7 Å². The summed E-state index contributed by atoms with van der Waals surface area (Å²) in [4.78, 5) is 13.0. The van der Waals surface area contributed by atoms with Gasteiger partial charge in [0.1, 0.15) is 5.82 Å². The lowest BCUT2D eigenvalue weighted by Gasteiger charge is -2.02. The van der Waals surface area contributed by atoms with Crippen LogP contribution >= 0.6 is 27.3 Å². The average molecular weight is 313 g/mol. The molecule has 17 heavy (non-hydrogen) atoms. The zero-order valence-electron chi connectivity index (χ0n) is 8.95. The van der Waals surface area contributed by atoms with Crippen molar-refractivity contribution < 1.29 is 9.18 Å². The summed E-state index contributed by atoms with van der Waals surface area (Å²) in [5.74, 6) is -0.610. The van der Waals surface area contributed by atoms with Crippen molar-refractivity contribution in [3.63, 3.8) is 0 Å². The molecule has 0 unspecified atom stereocenters. The standard InChI is InChI=1S/C13H10BrFOS/c14-9-3-5-12(15)11(8-9)13(16)6-4-10-2-1-7-17-10/h1-3,5,7-8H,4,6H2. The molecule has 0 radical (unpaired) electrons. The van der Waals surface area contributed by atoms with E-state index in [1.54, 1.807) is 17.4 Å². The Bertz CT molecular complexity index is 522. The fourth-order valence-corrected chi connectivity index (χ4v) is 2.61. The fourth-order valence-electron chi connectivity index (χ4n) is 1.54. The van der Waals surface area contributed by atoms with Crippen molar-refractivity contribution in [2.75, 3.05) is 0 Å². The lowest BCUT2D eigenvalue weighted by molar-refractivity contribution is 0.0979. The van der Waals surface area contributed by atoms with E-state index >= 15 is 0 Å². The van der Waals surface area contributed by atoms with Crippen molar-refractivity contribution in [2.45, 2.75) is 12.8 Å². The number of ketones is 1. The van der Waals surface area contributed by atoms with Crippen molar-refractivity contribution in [2.24, 2.45) is 0 Å². The molecule has 2 rings (SSSR count). The molecule has 1 aromatic heterocycles. The molecule has 0 amide bonds. The Morgan fingerprint density at radius 3 is 2.88 bits per heavy atom. The highest BCUT2D eigenvalue weighted by molar-refractivity contribution is 9.10. The van der Waals surface area contributed by atoms with Crippen molar-refractivity contribution in [3.05, 3.63) is 56.4 Å². The van der Waals surface area contributed by atoms with Crippen molar-refractivity contribution in [1.82, 2.24) is 0 Å². The van der Waals surface area contributed by atoms with Crippen LogP contribution in [0.4, 0.5) is 4.39 Å². The van der Waals surface area contributed by atoms with Crippen LogP contribution in [-0.4, -0.2) is 5.78 Å². The summed E-state index contributed by atoms with van der Waals surface area (Å²) < 4.78 is 14.2. The van der Waals surface area contributed by atoms with Crippen molar-refractivity contribution in [3.8, 4) is 0 Å². The van der Waals surface area contributed by atoms with E-state index in [0.29, 0.717) is 12.8 Å². The van der Waals surface area contributed by atoms with Gasteiger partial charge in [0.25, 0.3) is 0 Å². The predicted octanol–water partition coefficient (Wildman–Crippen LogP) is 4.47. The second kappa shape index (κ2) is 5.56. The summed E-state index contributed by atoms with van der Waals surface area (Å²) in [7, 11) is 0. The number of benzene rings is 1. The molecule has 1 nitrogen and oxygen atoms in total. The molecule has 1 aromatic carbocycles. The molecule has 88 valence electrons. The van der Waals surface area contributed by atoms with Crippen LogP contribution in [0.2, 0.25) is 0 Å². The van der Waals surface area contributed by atoms with Crippen LogP contribution in [0.5, 0.6) is 0 Å². The van der Waals surface area contributed by atoms with Crippen LogP contribution in [-0.2, 0) is 6.42 Å². The van der Waals surface area contributed by atoms with E-state index < -0.39 is 5.82 Å². The van der Waals surface area contributed by atoms with Crippen molar-refractivity contribution >= 4 is 33.0 Å². The van der Waals surface area contributed by atoms with Gasteiger partial charge >= 0.3 is 0 Å². The molecule has 0 N–H and O–H groups in total. The lowest BCUT2D eigenvalue weighted by Crippen LogP contribution is -2.03. The van der Waals surface area contributed by atoms with Crippen LogP contribution in [0.25, 0.3) is 0 Å². The van der Waals surface area contributed by atoms with Gasteiger partial charge in [-0.25, -0.2) is 4.39 Å². The number of halogens is 2. The molecular formula is C13H10BrFOS. The summed E-state index contributed by atoms with van der Waals surface area (Å²) in [5.41, 5.74) is 0.163. The van der Waals surface area contributed by atoms with Gasteiger partial charge in [-0.15, -0.1) is 11.3 Å². The maximum Gasteiger partial charge on any atom is 0.166 e. The van der Waals surface area contributed by atoms with E-state index in [2.05, 4.69) is 15.9 Å². The Hall–Kier alpha value is -1.00. The first-order valence-corrected chi connectivity index (χ1v) is 6.85. The quantitative estimate of drug-likeness (QED) is 0.761. The van der Waals surface area contributed by atoms with Crippen LogP contribution in [0.3, 0.4) is 0 Å². The molecule has 0 atom stereocenters. The summed E-state index contributed by atoms with van der Waals surface area (Å²) in [6, 6.07) is 8.36. The van der Waals surface area contributed by atoms with Gasteiger partial charge in [-0.1, -0.05) is 22.0 Å². The van der Waals surface area contributed by atoms with E-state index in [1.165, 1.54) is 12.1 Å². The number of Topliss-reactive ketones (excluding diaryl/α,β-unsaturated/α-hetero) is 1. The topological polar surface area (TPSA) is 17.1 Å². The van der Waals surface area contributed by atoms with Crippen LogP contribution in [0.15, 0.2) is 40.2 Å². The molecule has 0 aliphatic heterocycles. The number of thiophene rings is 1. The summed E-state index contributed by atoms with van der Waals surface area (Å²) in [6.45, 7) is 0. The zero-order valence-corrected chi connectivity index (χ0v) is 11.4. The Labute approximate surface area is 111 Å². The normalized spacial score (nSPS) is 10.5.